The van der Waals surface area contributed by atoms with Gasteiger partial charge in [0.05, 0.1) is 13.7 Å². The molecule has 0 spiro atoms. The summed E-state index contributed by atoms with van der Waals surface area (Å²) in [7, 11) is 1.24. The number of esters is 1. The first kappa shape index (κ1) is 28.6. The lowest BCUT2D eigenvalue weighted by molar-refractivity contribution is -0.150. The van der Waals surface area contributed by atoms with Crippen molar-refractivity contribution >= 4 is 11.8 Å². The highest BCUT2D eigenvalue weighted by Gasteiger charge is 2.37. The second-order valence-corrected chi connectivity index (χ2v) is 9.44. The number of ether oxygens (including phenoxy) is 2. The van der Waals surface area contributed by atoms with Gasteiger partial charge < -0.3 is 14.6 Å². The fourth-order valence-corrected chi connectivity index (χ4v) is 4.53. The van der Waals surface area contributed by atoms with E-state index in [1.54, 1.807) is 6.08 Å². The topological polar surface area (TPSA) is 72.8 Å². The van der Waals surface area contributed by atoms with E-state index < -0.39 is 12.1 Å². The number of carbonyl (C=O) groups excluding carboxylic acids is 2. The van der Waals surface area contributed by atoms with Crippen molar-refractivity contribution in [3.63, 3.8) is 0 Å². The van der Waals surface area contributed by atoms with Crippen LogP contribution in [0.3, 0.4) is 0 Å². The van der Waals surface area contributed by atoms with Crippen LogP contribution in [0, 0.1) is 17.8 Å². The highest BCUT2D eigenvalue weighted by molar-refractivity contribution is 5.84. The number of aryl methyl sites for hydroxylation is 1. The van der Waals surface area contributed by atoms with Gasteiger partial charge in [-0.15, -0.1) is 5.73 Å². The smallest absolute Gasteiger partial charge is 0.335 e. The van der Waals surface area contributed by atoms with Crippen molar-refractivity contribution in [2.75, 3.05) is 13.7 Å². The number of hydrogen-bond acceptors (Lipinski definition) is 5. The zero-order chi connectivity index (χ0) is 25.5. The maximum atomic E-state index is 12.5. The predicted molar refractivity (Wildman–Crippen MR) is 139 cm³/mol. The van der Waals surface area contributed by atoms with Crippen molar-refractivity contribution in [2.45, 2.75) is 77.7 Å². The van der Waals surface area contributed by atoms with E-state index in [0.29, 0.717) is 25.4 Å². The molecule has 1 aromatic rings. The third-order valence-corrected chi connectivity index (χ3v) is 6.63. The number of aliphatic hydroxyl groups is 1. The Morgan fingerprint density at radius 1 is 1.20 bits per heavy atom. The Hall–Kier alpha value is -2.62. The minimum absolute atomic E-state index is 0.0570. The minimum Gasteiger partial charge on any atom is -0.493 e. The Balaban J connectivity index is 1.76. The van der Waals surface area contributed by atoms with Gasteiger partial charge in [0.1, 0.15) is 11.5 Å². The monoisotopic (exact) mass is 482 g/mol. The molecule has 0 heterocycles. The second-order valence-electron chi connectivity index (χ2n) is 9.44. The first-order valence-electron chi connectivity index (χ1n) is 13.0. The van der Waals surface area contributed by atoms with Crippen LogP contribution in [-0.2, 0) is 20.7 Å². The van der Waals surface area contributed by atoms with Crippen LogP contribution in [0.25, 0.3) is 0 Å². The van der Waals surface area contributed by atoms with Crippen molar-refractivity contribution in [1.29, 1.82) is 0 Å². The summed E-state index contributed by atoms with van der Waals surface area (Å²) in [5.74, 6) is 0.977. The molecule has 4 atom stereocenters. The zero-order valence-electron chi connectivity index (χ0n) is 21.6. The Morgan fingerprint density at radius 3 is 2.69 bits per heavy atom. The summed E-state index contributed by atoms with van der Waals surface area (Å²) >= 11 is 0. The molecule has 0 aromatic heterocycles. The van der Waals surface area contributed by atoms with Crippen molar-refractivity contribution < 1.29 is 24.2 Å². The van der Waals surface area contributed by atoms with E-state index in [1.165, 1.54) is 38.4 Å². The third-order valence-electron chi connectivity index (χ3n) is 6.63. The van der Waals surface area contributed by atoms with Gasteiger partial charge in [-0.1, -0.05) is 57.4 Å². The maximum Gasteiger partial charge on any atom is 0.335 e. The number of hydrogen-bond donors (Lipinski definition) is 1. The van der Waals surface area contributed by atoms with E-state index in [1.807, 2.05) is 6.08 Å². The summed E-state index contributed by atoms with van der Waals surface area (Å²) in [6.45, 7) is 4.96. The molecule has 1 saturated carbocycles. The molecule has 0 radical (unpaired) electrons. The van der Waals surface area contributed by atoms with Crippen LogP contribution in [0.4, 0.5) is 0 Å². The van der Waals surface area contributed by atoms with Gasteiger partial charge in [0.2, 0.25) is 0 Å². The lowest BCUT2D eigenvalue weighted by atomic mass is 9.87. The van der Waals surface area contributed by atoms with Gasteiger partial charge in [-0.3, -0.25) is 4.79 Å². The Kier molecular flexibility index (Phi) is 13.2. The van der Waals surface area contributed by atoms with Crippen molar-refractivity contribution in [2.24, 2.45) is 17.8 Å². The summed E-state index contributed by atoms with van der Waals surface area (Å²) in [5.41, 5.74) is 4.34. The van der Waals surface area contributed by atoms with Crippen molar-refractivity contribution in [3.8, 4) is 5.75 Å². The molecule has 2 rings (SSSR count). The van der Waals surface area contributed by atoms with E-state index in [4.69, 9.17) is 4.74 Å². The molecule has 1 unspecified atom stereocenters. The molecule has 1 aliphatic carbocycles. The Morgan fingerprint density at radius 2 is 1.97 bits per heavy atom. The standard InChI is InChI=1S/C30H42O5/c1-4-5-6-8-13-24-17-19-25(20-18-24)35-21-12-11-14-26-23(2)22-29(32)27(26)15-9-7-10-16-28(31)30(33)34-3/h9-11,14,17-20,23,26-28,31H,4-6,8,12-13,15-16,21-22H2,1-3H3/b14-11+/t7?,23-,26+,27-,28?/m1/s1. The highest BCUT2D eigenvalue weighted by atomic mass is 16.5. The molecule has 0 bridgehead atoms. The van der Waals surface area contributed by atoms with Crippen LogP contribution in [0.5, 0.6) is 5.75 Å². The molecule has 1 fully saturated rings. The summed E-state index contributed by atoms with van der Waals surface area (Å²) in [6, 6.07) is 8.42. The number of carbonyl (C=O) groups is 2. The van der Waals surface area contributed by atoms with Gasteiger partial charge in [-0.2, -0.15) is 0 Å². The van der Waals surface area contributed by atoms with Crippen LogP contribution in [0.1, 0.15) is 70.8 Å². The number of aliphatic hydroxyl groups excluding tert-OH is 1. The number of allylic oxidation sites excluding steroid dienone is 1. The summed E-state index contributed by atoms with van der Waals surface area (Å²) in [4.78, 5) is 23.7. The number of ketones is 1. The van der Waals surface area contributed by atoms with E-state index in [2.05, 4.69) is 60.7 Å². The third kappa shape index (κ3) is 10.3. The van der Waals surface area contributed by atoms with Crippen molar-refractivity contribution in [1.82, 2.24) is 0 Å². The van der Waals surface area contributed by atoms with Crippen LogP contribution in [0.15, 0.2) is 54.3 Å². The SMILES string of the molecule is CCCCCCc1ccc(OCC/C=C/[C@H]2[C@H](C)CC(=O)[C@@H]2CC=C=CCC(O)C(=O)OC)cc1. The molecular formula is C30H42O5. The summed E-state index contributed by atoms with van der Waals surface area (Å²) < 4.78 is 10.4. The molecule has 5 nitrogen and oxygen atoms in total. The summed E-state index contributed by atoms with van der Waals surface area (Å²) in [5, 5.41) is 9.59. The van der Waals surface area contributed by atoms with Gasteiger partial charge in [0, 0.05) is 18.8 Å². The first-order chi connectivity index (χ1) is 17.0. The predicted octanol–water partition coefficient (Wildman–Crippen LogP) is 6.00. The average molecular weight is 483 g/mol. The fourth-order valence-electron chi connectivity index (χ4n) is 4.53. The largest absolute Gasteiger partial charge is 0.493 e. The van der Waals surface area contributed by atoms with E-state index in [0.717, 1.165) is 18.6 Å². The number of methoxy groups -OCH3 is 1. The van der Waals surface area contributed by atoms with Gasteiger partial charge in [0.15, 0.2) is 6.10 Å². The molecule has 1 aromatic carbocycles. The van der Waals surface area contributed by atoms with Gasteiger partial charge >= 0.3 is 5.97 Å². The number of benzene rings is 1. The van der Waals surface area contributed by atoms with Crippen LogP contribution in [-0.4, -0.2) is 36.7 Å². The Bertz CT molecular complexity index is 863. The quantitative estimate of drug-likeness (QED) is 0.144. The van der Waals surface area contributed by atoms with Gasteiger partial charge in [-0.25, -0.2) is 4.79 Å². The number of Topliss-reactive ketones (excluding diaryl/α,β-unsaturated/α-hetero) is 1. The molecule has 0 aliphatic heterocycles. The average Bonchev–Trinajstić information content (AvgIpc) is 3.13. The van der Waals surface area contributed by atoms with Gasteiger partial charge in [0.25, 0.3) is 0 Å². The van der Waals surface area contributed by atoms with Crippen LogP contribution < -0.4 is 4.74 Å². The van der Waals surface area contributed by atoms with Crippen molar-refractivity contribution in [3.05, 3.63) is 59.9 Å². The minimum atomic E-state index is -1.18. The molecular weight excluding hydrogens is 440 g/mol. The fraction of sp³-hybridized carbons (Fsp3) is 0.567. The highest BCUT2D eigenvalue weighted by Crippen LogP contribution is 2.37. The normalized spacial score (nSPS) is 20.5. The van der Waals surface area contributed by atoms with E-state index >= 15 is 0 Å². The lowest BCUT2D eigenvalue weighted by Gasteiger charge is -2.16. The lowest BCUT2D eigenvalue weighted by Crippen LogP contribution is -2.20. The first-order valence-corrected chi connectivity index (χ1v) is 13.0. The molecule has 1 aliphatic rings. The van der Waals surface area contributed by atoms with Gasteiger partial charge in [-0.05, 0) is 67.4 Å². The zero-order valence-corrected chi connectivity index (χ0v) is 21.6. The molecule has 192 valence electrons. The number of unbranched alkanes of at least 4 members (excludes halogenated alkanes) is 3. The maximum absolute atomic E-state index is 12.5. The molecule has 5 heteroatoms. The molecule has 0 saturated heterocycles. The Labute approximate surface area is 210 Å². The van der Waals surface area contributed by atoms with Crippen LogP contribution in [0.2, 0.25) is 0 Å². The summed E-state index contributed by atoms with van der Waals surface area (Å²) in [6.07, 6.45) is 14.9. The second kappa shape index (κ2) is 16.1. The molecule has 35 heavy (non-hydrogen) atoms. The van der Waals surface area contributed by atoms with Crippen LogP contribution >= 0.6 is 0 Å². The van der Waals surface area contributed by atoms with E-state index in [9.17, 15) is 14.7 Å². The number of rotatable bonds is 15. The van der Waals surface area contributed by atoms with E-state index in [-0.39, 0.29) is 24.0 Å². The molecule has 1 N–H and O–H groups in total. The molecule has 0 amide bonds.